The van der Waals surface area contributed by atoms with Crippen LogP contribution in [0.2, 0.25) is 0 Å². The average Bonchev–Trinajstić information content (AvgIpc) is 2.87. The highest BCUT2D eigenvalue weighted by Gasteiger charge is 2.17. The Balaban J connectivity index is 2.35. The summed E-state index contributed by atoms with van der Waals surface area (Å²) >= 11 is 0. The highest BCUT2D eigenvalue weighted by Crippen LogP contribution is 2.11. The van der Waals surface area contributed by atoms with Crippen LogP contribution < -0.4 is 0 Å². The number of carbonyl (C=O) groups excluding carboxylic acids is 1. The number of carbonyl (C=O) groups is 1. The second kappa shape index (κ2) is 4.36. The summed E-state index contributed by atoms with van der Waals surface area (Å²) in [6.45, 7) is 3.97. The largest absolute Gasteiger partial charge is 0.464 e. The number of methoxy groups -OCH3 is 1. The van der Waals surface area contributed by atoms with Crippen molar-refractivity contribution in [1.82, 2.24) is 19.9 Å². The van der Waals surface area contributed by atoms with Gasteiger partial charge in [-0.2, -0.15) is 0 Å². The van der Waals surface area contributed by atoms with Gasteiger partial charge in [0.1, 0.15) is 22.9 Å². The first-order valence-corrected chi connectivity index (χ1v) is 5.02. The third-order valence-electron chi connectivity index (χ3n) is 2.50. The third-order valence-corrected chi connectivity index (χ3v) is 2.50. The summed E-state index contributed by atoms with van der Waals surface area (Å²) < 4.78 is 11.0. The van der Waals surface area contributed by atoms with Gasteiger partial charge in [0, 0.05) is 0 Å². The maximum Gasteiger partial charge on any atom is 0.356 e. The molecule has 0 amide bonds. The highest BCUT2D eigenvalue weighted by atomic mass is 16.6. The van der Waals surface area contributed by atoms with Crippen LogP contribution in [0.1, 0.15) is 27.7 Å². The fourth-order valence-electron chi connectivity index (χ4n) is 1.48. The molecule has 0 bridgehead atoms. The van der Waals surface area contributed by atoms with E-state index in [4.69, 9.17) is 0 Å². The number of aromatic nitrogens is 4. The smallest absolute Gasteiger partial charge is 0.356 e. The van der Waals surface area contributed by atoms with Gasteiger partial charge in [0.2, 0.25) is 0 Å². The summed E-state index contributed by atoms with van der Waals surface area (Å²) in [5, 5.41) is 7.46. The monoisotopic (exact) mass is 236 g/mol. The van der Waals surface area contributed by atoms with Crippen molar-refractivity contribution >= 4 is 5.97 Å². The number of rotatable bonds is 3. The van der Waals surface area contributed by atoms with Crippen LogP contribution in [0.5, 0.6) is 0 Å². The molecule has 0 N–H and O–H groups in total. The lowest BCUT2D eigenvalue weighted by molar-refractivity contribution is 0.0588. The fourth-order valence-corrected chi connectivity index (χ4v) is 1.48. The molecular weight excluding hydrogens is 224 g/mol. The minimum absolute atomic E-state index is 0.381. The molecule has 7 heteroatoms. The van der Waals surface area contributed by atoms with Gasteiger partial charge in [-0.25, -0.2) is 14.4 Å². The summed E-state index contributed by atoms with van der Waals surface area (Å²) in [5.41, 5.74) is 1.73. The Bertz CT molecular complexity index is 543. The molecule has 0 aliphatic carbocycles. The van der Waals surface area contributed by atoms with Crippen molar-refractivity contribution in [2.75, 3.05) is 7.11 Å². The van der Waals surface area contributed by atoms with Crippen molar-refractivity contribution in [3.05, 3.63) is 29.1 Å². The maximum absolute atomic E-state index is 11.5. The molecule has 2 heterocycles. The van der Waals surface area contributed by atoms with Gasteiger partial charge in [-0.05, 0) is 13.8 Å². The molecule has 0 radical (unpaired) electrons. The van der Waals surface area contributed by atoms with Gasteiger partial charge in [-0.1, -0.05) is 10.3 Å². The molecule has 17 heavy (non-hydrogen) atoms. The zero-order valence-electron chi connectivity index (χ0n) is 9.80. The van der Waals surface area contributed by atoms with E-state index < -0.39 is 5.97 Å². The third kappa shape index (κ3) is 2.03. The van der Waals surface area contributed by atoms with E-state index in [0.717, 1.165) is 0 Å². The second-order valence-electron chi connectivity index (χ2n) is 3.56. The average molecular weight is 236 g/mol. The van der Waals surface area contributed by atoms with Gasteiger partial charge < -0.3 is 9.30 Å². The number of aryl methyl sites for hydroxylation is 2. The number of ether oxygens (including phenoxy) is 1. The summed E-state index contributed by atoms with van der Waals surface area (Å²) in [7, 11) is 1.33. The summed E-state index contributed by atoms with van der Waals surface area (Å²) in [4.78, 5) is 15.6. The Kier molecular flexibility index (Phi) is 2.90. The lowest BCUT2D eigenvalue weighted by Crippen LogP contribution is -2.13. The second-order valence-corrected chi connectivity index (χ2v) is 3.56. The number of imidazole rings is 1. The van der Waals surface area contributed by atoms with Crippen molar-refractivity contribution in [1.29, 1.82) is 0 Å². The lowest BCUT2D eigenvalue weighted by atomic mass is 10.3. The topological polar surface area (TPSA) is 83.0 Å². The molecule has 2 aromatic rings. The van der Waals surface area contributed by atoms with Crippen LogP contribution in [0.15, 0.2) is 10.8 Å². The standard InChI is InChI=1S/C10H12N4O3/c1-6-8(13-17-12-6)5-14-7(2)11-4-9(14)10(15)16-3/h4H,5H2,1-3H3. The van der Waals surface area contributed by atoms with Gasteiger partial charge in [0.25, 0.3) is 0 Å². The normalized spacial score (nSPS) is 10.5. The van der Waals surface area contributed by atoms with Crippen LogP contribution in [0, 0.1) is 13.8 Å². The van der Waals surface area contributed by atoms with Crippen molar-refractivity contribution in [2.24, 2.45) is 0 Å². The molecule has 0 aliphatic heterocycles. The van der Waals surface area contributed by atoms with Gasteiger partial charge in [-0.15, -0.1) is 0 Å². The van der Waals surface area contributed by atoms with Crippen LogP contribution in [0.25, 0.3) is 0 Å². The zero-order valence-corrected chi connectivity index (χ0v) is 9.80. The Morgan fingerprint density at radius 2 is 2.24 bits per heavy atom. The van der Waals surface area contributed by atoms with Crippen molar-refractivity contribution in [2.45, 2.75) is 20.4 Å². The SMILES string of the molecule is COC(=O)c1cnc(C)n1Cc1nonc1C. The van der Waals surface area contributed by atoms with E-state index in [1.54, 1.807) is 18.4 Å². The van der Waals surface area contributed by atoms with Gasteiger partial charge in [0.15, 0.2) is 0 Å². The van der Waals surface area contributed by atoms with Crippen molar-refractivity contribution in [3.8, 4) is 0 Å². The van der Waals surface area contributed by atoms with E-state index >= 15 is 0 Å². The number of hydrogen-bond donors (Lipinski definition) is 0. The molecule has 2 rings (SSSR count). The number of hydrogen-bond acceptors (Lipinski definition) is 6. The van der Waals surface area contributed by atoms with Gasteiger partial charge in [0.05, 0.1) is 19.9 Å². The lowest BCUT2D eigenvalue weighted by Gasteiger charge is -2.06. The molecule has 0 aromatic carbocycles. The molecular formula is C10H12N4O3. The van der Waals surface area contributed by atoms with Crippen LogP contribution in [-0.4, -0.2) is 32.9 Å². The van der Waals surface area contributed by atoms with Crippen molar-refractivity contribution in [3.63, 3.8) is 0 Å². The van der Waals surface area contributed by atoms with Crippen LogP contribution in [-0.2, 0) is 11.3 Å². The first kappa shape index (κ1) is 11.3. The number of nitrogens with zero attached hydrogens (tertiary/aromatic N) is 4. The Hall–Kier alpha value is -2.18. The first-order chi connectivity index (χ1) is 8.13. The molecule has 2 aromatic heterocycles. The Labute approximate surface area is 97.4 Å². The minimum atomic E-state index is -0.431. The molecule has 90 valence electrons. The van der Waals surface area contributed by atoms with Crippen LogP contribution >= 0.6 is 0 Å². The molecule has 7 nitrogen and oxygen atoms in total. The summed E-state index contributed by atoms with van der Waals surface area (Å²) in [6, 6.07) is 0. The van der Waals surface area contributed by atoms with E-state index in [2.05, 4.69) is 24.7 Å². The predicted octanol–water partition coefficient (Wildman–Crippen LogP) is 0.718. The van der Waals surface area contributed by atoms with Crippen molar-refractivity contribution < 1.29 is 14.2 Å². The number of esters is 1. The molecule has 0 fully saturated rings. The predicted molar refractivity (Wildman–Crippen MR) is 56.4 cm³/mol. The summed E-state index contributed by atoms with van der Waals surface area (Å²) in [6.07, 6.45) is 1.48. The van der Waals surface area contributed by atoms with Gasteiger partial charge >= 0.3 is 5.97 Å². The Morgan fingerprint density at radius 1 is 1.47 bits per heavy atom. The first-order valence-electron chi connectivity index (χ1n) is 5.02. The molecule has 0 unspecified atom stereocenters. The van der Waals surface area contributed by atoms with Crippen LogP contribution in [0.4, 0.5) is 0 Å². The van der Waals surface area contributed by atoms with E-state index in [0.29, 0.717) is 29.5 Å². The van der Waals surface area contributed by atoms with E-state index in [9.17, 15) is 4.79 Å². The molecule has 0 spiro atoms. The quantitative estimate of drug-likeness (QED) is 0.730. The molecule has 0 atom stereocenters. The molecule has 0 saturated heterocycles. The van der Waals surface area contributed by atoms with E-state index in [1.807, 2.05) is 0 Å². The Morgan fingerprint density at radius 3 is 2.82 bits per heavy atom. The highest BCUT2D eigenvalue weighted by molar-refractivity contribution is 5.87. The maximum atomic E-state index is 11.5. The van der Waals surface area contributed by atoms with Crippen LogP contribution in [0.3, 0.4) is 0 Å². The van der Waals surface area contributed by atoms with Gasteiger partial charge in [-0.3, -0.25) is 0 Å². The minimum Gasteiger partial charge on any atom is -0.464 e. The zero-order chi connectivity index (χ0) is 12.4. The fraction of sp³-hybridized carbons (Fsp3) is 0.400. The van der Waals surface area contributed by atoms with E-state index in [1.165, 1.54) is 13.3 Å². The van der Waals surface area contributed by atoms with E-state index in [-0.39, 0.29) is 0 Å². The molecule has 0 aliphatic rings. The molecule has 0 saturated carbocycles. The summed E-state index contributed by atoms with van der Waals surface area (Å²) in [5.74, 6) is 0.271.